The molecule has 0 bridgehead atoms. The first-order valence-corrected chi connectivity index (χ1v) is 40.2. The van der Waals surface area contributed by atoms with Crippen LogP contribution >= 0.6 is 17.2 Å². The molecule has 2 unspecified atom stereocenters. The van der Waals surface area contributed by atoms with Crippen LogP contribution in [0.2, 0.25) is 59.7 Å². The van der Waals surface area contributed by atoms with E-state index in [1.807, 2.05) is 0 Å². The molecule has 28 heavy (non-hydrogen) atoms. The molecule has 2 aliphatic rings. The first kappa shape index (κ1) is 25.3. The second-order valence-corrected chi connectivity index (χ2v) is 81.0. The molecule has 0 radical (unpaired) electrons. The summed E-state index contributed by atoms with van der Waals surface area (Å²) in [5.41, 5.74) is 3.06. The summed E-state index contributed by atoms with van der Waals surface area (Å²) in [6.07, 6.45) is 12.3. The van der Waals surface area contributed by atoms with Gasteiger partial charge in [-0.05, 0) is 0 Å². The Morgan fingerprint density at radius 2 is 1.11 bits per heavy atom. The van der Waals surface area contributed by atoms with Crippen LogP contribution in [-0.2, 0) is 15.3 Å². The second kappa shape index (κ2) is 8.20. The van der Waals surface area contributed by atoms with Crippen LogP contribution in [0.3, 0.4) is 0 Å². The van der Waals surface area contributed by atoms with Crippen LogP contribution in [0.5, 0.6) is 0 Å². The number of hydrogen-bond donors (Lipinski definition) is 0. The Balaban J connectivity index is 2.72. The molecule has 0 aliphatic heterocycles. The van der Waals surface area contributed by atoms with Crippen molar-refractivity contribution in [1.82, 2.24) is 0 Å². The monoisotopic (exact) mass is 639 g/mol. The number of rotatable bonds is 7. The van der Waals surface area contributed by atoms with Gasteiger partial charge >= 0.3 is 187 Å². The first-order chi connectivity index (χ1) is 12.6. The Morgan fingerprint density at radius 1 is 0.786 bits per heavy atom. The third-order valence-corrected chi connectivity index (χ3v) is 84.5. The molecule has 0 fully saturated rings. The van der Waals surface area contributed by atoms with Gasteiger partial charge in [0.1, 0.15) is 0 Å². The van der Waals surface area contributed by atoms with Crippen molar-refractivity contribution >= 4 is 39.3 Å². The molecule has 159 valence electrons. The molecule has 0 amide bonds. The summed E-state index contributed by atoms with van der Waals surface area (Å²) in [5, 5.41) is 3.14. The fraction of sp³-hybridized carbons (Fsp3) is 0.636. The second-order valence-electron chi connectivity index (χ2n) is 11.2. The van der Waals surface area contributed by atoms with E-state index in [4.69, 9.17) is 17.2 Å². The Labute approximate surface area is 185 Å². The normalized spacial score (nSPS) is 25.2. The van der Waals surface area contributed by atoms with E-state index in [9.17, 15) is 0 Å². The molecule has 2 rings (SSSR count). The standard InChI is InChI=1S/2C10H17Si.C2H7Si.2ClH.Hf/c2*1-5-9-6-7-10(8-9)11(2,3)4;1-3-2;;;/h2*6-8H,5H2,1-4H3;3H,1-2H3;2*1H;/q;;;;;+2/p-2. The van der Waals surface area contributed by atoms with Gasteiger partial charge in [0.15, 0.2) is 0 Å². The molecule has 0 nitrogen and oxygen atoms in total. The fourth-order valence-corrected chi connectivity index (χ4v) is 49.3. The number of hydrogen-bond acceptors (Lipinski definition) is 0. The van der Waals surface area contributed by atoms with Crippen LogP contribution in [0.4, 0.5) is 0 Å². The maximum atomic E-state index is 8.03. The van der Waals surface area contributed by atoms with Crippen LogP contribution in [0.15, 0.2) is 45.8 Å². The predicted molar refractivity (Wildman–Crippen MR) is 138 cm³/mol. The predicted octanol–water partition coefficient (Wildman–Crippen LogP) is 8.85. The summed E-state index contributed by atoms with van der Waals surface area (Å²) in [6.45, 7) is 24.1. The van der Waals surface area contributed by atoms with Crippen LogP contribution in [0.1, 0.15) is 26.7 Å². The summed E-state index contributed by atoms with van der Waals surface area (Å²) in [5.74, 6) is -1.28. The van der Waals surface area contributed by atoms with Crippen molar-refractivity contribution in [2.45, 2.75) is 86.4 Å². The van der Waals surface area contributed by atoms with Crippen LogP contribution in [-0.4, -0.2) is 22.1 Å². The van der Waals surface area contributed by atoms with E-state index in [1.54, 1.807) is 10.4 Å². The molecule has 0 heterocycles. The average Bonchev–Trinajstić information content (AvgIpc) is 3.19. The maximum absolute atomic E-state index is 8.03. The molecule has 0 saturated carbocycles. The molecule has 0 aromatic heterocycles. The number of allylic oxidation sites excluding steroid dienone is 8. The third kappa shape index (κ3) is 4.34. The molecular weight excluding hydrogens is 598 g/mol. The molecule has 2 atom stereocenters. The summed E-state index contributed by atoms with van der Waals surface area (Å²) in [7, 11) is 13.3. The Kier molecular flexibility index (Phi) is 7.42. The van der Waals surface area contributed by atoms with Crippen molar-refractivity contribution < 1.29 is 15.3 Å². The molecule has 0 spiro atoms. The molecule has 0 N–H and O–H groups in total. The van der Waals surface area contributed by atoms with Crippen LogP contribution in [0.25, 0.3) is 0 Å². The van der Waals surface area contributed by atoms with Gasteiger partial charge in [-0.15, -0.1) is 0 Å². The van der Waals surface area contributed by atoms with E-state index in [-0.39, 0.29) is 0 Å². The zero-order chi connectivity index (χ0) is 21.7. The van der Waals surface area contributed by atoms with Crippen molar-refractivity contribution in [3.05, 3.63) is 45.8 Å². The molecule has 0 aromatic carbocycles. The zero-order valence-corrected chi connectivity index (χ0v) is 28.0. The number of halogens is 2. The van der Waals surface area contributed by atoms with E-state index in [1.165, 1.54) is 11.1 Å². The topological polar surface area (TPSA) is 0 Å². The average molecular weight is 639 g/mol. The van der Waals surface area contributed by atoms with Crippen LogP contribution < -0.4 is 0 Å². The van der Waals surface area contributed by atoms with Crippen molar-refractivity contribution in [3.8, 4) is 0 Å². The van der Waals surface area contributed by atoms with Gasteiger partial charge in [0.05, 0.1) is 0 Å². The Bertz CT molecular complexity index is 704. The Morgan fingerprint density at radius 3 is 1.32 bits per heavy atom. The third-order valence-electron chi connectivity index (χ3n) is 7.01. The van der Waals surface area contributed by atoms with Crippen molar-refractivity contribution in [1.29, 1.82) is 0 Å². The summed E-state index contributed by atoms with van der Waals surface area (Å²) in [4.78, 5) is 0. The summed E-state index contributed by atoms with van der Waals surface area (Å²) >= 11 is -4.33. The van der Waals surface area contributed by atoms with Crippen molar-refractivity contribution in [3.63, 3.8) is 0 Å². The molecule has 6 heteroatoms. The summed E-state index contributed by atoms with van der Waals surface area (Å²) in [6, 6.07) is 0. The van der Waals surface area contributed by atoms with Gasteiger partial charge in [-0.1, -0.05) is 0 Å². The Hall–Kier alpha value is 1.06. The van der Waals surface area contributed by atoms with Gasteiger partial charge in [-0.2, -0.15) is 0 Å². The minimum atomic E-state index is -4.33. The molecule has 0 aromatic rings. The molecule has 0 saturated heterocycles. The first-order valence-electron chi connectivity index (χ1n) is 11.0. The van der Waals surface area contributed by atoms with E-state index in [0.29, 0.717) is 7.35 Å². The van der Waals surface area contributed by atoms with Gasteiger partial charge in [0.2, 0.25) is 0 Å². The van der Waals surface area contributed by atoms with E-state index >= 15 is 0 Å². The quantitative estimate of drug-likeness (QED) is 0.245. The molecular formula is C22H41Cl2HfSi3. The SMILES string of the molecule is CCC1=CC([Si](C)(C)C)=C[CH]1[Hf]([Cl])([Cl])([CH]1C=C([Si](C)(C)C)C=C1CC)[SiH](C)C. The minimum absolute atomic E-state index is 0.343. The van der Waals surface area contributed by atoms with Gasteiger partial charge < -0.3 is 0 Å². The zero-order valence-electron chi connectivity index (χ0n) is 19.7. The summed E-state index contributed by atoms with van der Waals surface area (Å²) < 4.78 is 0.687. The van der Waals surface area contributed by atoms with Crippen LogP contribution in [0, 0.1) is 0 Å². The van der Waals surface area contributed by atoms with Gasteiger partial charge in [-0.3, -0.25) is 0 Å². The van der Waals surface area contributed by atoms with E-state index < -0.39 is 37.4 Å². The van der Waals surface area contributed by atoms with E-state index in [2.05, 4.69) is 90.5 Å². The fourth-order valence-electron chi connectivity index (χ4n) is 4.76. The van der Waals surface area contributed by atoms with Gasteiger partial charge in [0, 0.05) is 0 Å². The van der Waals surface area contributed by atoms with Gasteiger partial charge in [0.25, 0.3) is 0 Å². The van der Waals surface area contributed by atoms with E-state index in [0.717, 1.165) is 12.8 Å². The van der Waals surface area contributed by atoms with Crippen molar-refractivity contribution in [2.24, 2.45) is 0 Å². The van der Waals surface area contributed by atoms with Gasteiger partial charge in [-0.25, -0.2) is 0 Å². The molecule has 2 aliphatic carbocycles. The van der Waals surface area contributed by atoms with Crippen molar-refractivity contribution in [2.75, 3.05) is 0 Å².